The fourth-order valence-corrected chi connectivity index (χ4v) is 1.32. The summed E-state index contributed by atoms with van der Waals surface area (Å²) in [5, 5.41) is 2.64. The Labute approximate surface area is 88.3 Å². The maximum Gasteiger partial charge on any atom is 0.260 e. The quantitative estimate of drug-likeness (QED) is 0.832. The molecule has 0 fully saturated rings. The van der Waals surface area contributed by atoms with Crippen LogP contribution in [0.25, 0.3) is 0 Å². The van der Waals surface area contributed by atoms with Gasteiger partial charge in [-0.25, -0.2) is 8.78 Å². The van der Waals surface area contributed by atoms with Crippen LogP contribution in [0.3, 0.4) is 0 Å². The zero-order chi connectivity index (χ0) is 11.5. The second kappa shape index (κ2) is 4.57. The summed E-state index contributed by atoms with van der Waals surface area (Å²) in [5.74, 6) is 0.659. The van der Waals surface area contributed by atoms with E-state index in [1.165, 1.54) is 14.0 Å². The molecule has 4 heteroatoms. The standard InChI is InChI=1S/C11H15F2NO/c1-11(14-2,10(12)13)8-4-6-9(15-3)7-5-8/h4-7,10,14H,1-3H3. The van der Waals surface area contributed by atoms with Crippen LogP contribution in [-0.2, 0) is 5.54 Å². The molecule has 1 unspecified atom stereocenters. The first-order chi connectivity index (χ1) is 7.04. The molecular formula is C11H15F2NO. The van der Waals surface area contributed by atoms with E-state index in [0.29, 0.717) is 11.3 Å². The van der Waals surface area contributed by atoms with E-state index in [9.17, 15) is 8.78 Å². The molecule has 1 N–H and O–H groups in total. The van der Waals surface area contributed by atoms with Crippen molar-refractivity contribution in [3.05, 3.63) is 29.8 Å². The maximum atomic E-state index is 12.9. The zero-order valence-corrected chi connectivity index (χ0v) is 9.05. The normalized spacial score (nSPS) is 15.1. The molecule has 0 heterocycles. The van der Waals surface area contributed by atoms with Crippen molar-refractivity contribution < 1.29 is 13.5 Å². The first-order valence-electron chi connectivity index (χ1n) is 4.66. The summed E-state index contributed by atoms with van der Waals surface area (Å²) in [5.41, 5.74) is -0.771. The smallest absolute Gasteiger partial charge is 0.260 e. The molecule has 84 valence electrons. The Morgan fingerprint density at radius 1 is 1.27 bits per heavy atom. The fraction of sp³-hybridized carbons (Fsp3) is 0.455. The van der Waals surface area contributed by atoms with Crippen LogP contribution < -0.4 is 10.1 Å². The lowest BCUT2D eigenvalue weighted by Gasteiger charge is -2.28. The molecule has 1 aromatic carbocycles. The number of ether oxygens (including phenoxy) is 1. The molecule has 0 spiro atoms. The van der Waals surface area contributed by atoms with Crippen LogP contribution >= 0.6 is 0 Å². The average molecular weight is 215 g/mol. The molecular weight excluding hydrogens is 200 g/mol. The first-order valence-corrected chi connectivity index (χ1v) is 4.66. The van der Waals surface area contributed by atoms with Gasteiger partial charge in [0.2, 0.25) is 0 Å². The molecule has 0 aliphatic carbocycles. The largest absolute Gasteiger partial charge is 0.497 e. The highest BCUT2D eigenvalue weighted by Crippen LogP contribution is 2.28. The summed E-state index contributed by atoms with van der Waals surface area (Å²) in [6.45, 7) is 1.47. The number of alkyl halides is 2. The van der Waals surface area contributed by atoms with E-state index in [-0.39, 0.29) is 0 Å². The van der Waals surface area contributed by atoms with Crippen LogP contribution in [0.15, 0.2) is 24.3 Å². The van der Waals surface area contributed by atoms with Crippen molar-refractivity contribution in [2.75, 3.05) is 14.2 Å². The third-order valence-electron chi connectivity index (χ3n) is 2.65. The van der Waals surface area contributed by atoms with Crippen molar-refractivity contribution in [1.29, 1.82) is 0 Å². The van der Waals surface area contributed by atoms with Crippen LogP contribution in [0.1, 0.15) is 12.5 Å². The number of rotatable bonds is 4. The summed E-state index contributed by atoms with van der Waals surface area (Å²) in [4.78, 5) is 0. The highest BCUT2D eigenvalue weighted by Gasteiger charge is 2.34. The topological polar surface area (TPSA) is 21.3 Å². The van der Waals surface area contributed by atoms with Crippen molar-refractivity contribution in [1.82, 2.24) is 5.32 Å². The van der Waals surface area contributed by atoms with E-state index >= 15 is 0 Å². The molecule has 0 amide bonds. The number of halogens is 2. The van der Waals surface area contributed by atoms with Crippen LogP contribution in [-0.4, -0.2) is 20.6 Å². The summed E-state index contributed by atoms with van der Waals surface area (Å²) in [6.07, 6.45) is -2.46. The molecule has 0 bridgehead atoms. The average Bonchev–Trinajstić information content (AvgIpc) is 2.28. The highest BCUT2D eigenvalue weighted by molar-refractivity contribution is 5.32. The first kappa shape index (κ1) is 11.9. The molecule has 0 aliphatic heterocycles. The molecule has 0 aromatic heterocycles. The summed E-state index contributed by atoms with van der Waals surface area (Å²) >= 11 is 0. The molecule has 0 radical (unpaired) electrons. The van der Waals surface area contributed by atoms with Crippen LogP contribution in [0.2, 0.25) is 0 Å². The lowest BCUT2D eigenvalue weighted by atomic mass is 9.93. The van der Waals surface area contributed by atoms with Crippen molar-refractivity contribution in [3.63, 3.8) is 0 Å². The van der Waals surface area contributed by atoms with Gasteiger partial charge in [-0.05, 0) is 31.7 Å². The van der Waals surface area contributed by atoms with E-state index < -0.39 is 12.0 Å². The predicted octanol–water partition coefficient (Wildman–Crippen LogP) is 2.39. The van der Waals surface area contributed by atoms with Crippen LogP contribution in [0.4, 0.5) is 8.78 Å². The van der Waals surface area contributed by atoms with E-state index in [4.69, 9.17) is 4.74 Å². The number of benzene rings is 1. The Morgan fingerprint density at radius 3 is 2.13 bits per heavy atom. The fourth-order valence-electron chi connectivity index (χ4n) is 1.32. The molecule has 1 atom stereocenters. The Bertz CT molecular complexity index is 313. The second-order valence-corrected chi connectivity index (χ2v) is 3.48. The molecule has 1 rings (SSSR count). The van der Waals surface area contributed by atoms with Crippen LogP contribution in [0, 0.1) is 0 Å². The van der Waals surface area contributed by atoms with Gasteiger partial charge in [0.15, 0.2) is 0 Å². The lowest BCUT2D eigenvalue weighted by Crippen LogP contribution is -2.43. The van der Waals surface area contributed by atoms with E-state index in [1.807, 2.05) is 0 Å². The minimum Gasteiger partial charge on any atom is -0.497 e. The minimum absolute atomic E-state index is 0.542. The van der Waals surface area contributed by atoms with Gasteiger partial charge in [0.1, 0.15) is 11.3 Å². The van der Waals surface area contributed by atoms with Gasteiger partial charge in [-0.3, -0.25) is 0 Å². The third kappa shape index (κ3) is 2.26. The van der Waals surface area contributed by atoms with Crippen molar-refractivity contribution in [2.45, 2.75) is 18.9 Å². The minimum atomic E-state index is -2.46. The number of hydrogen-bond acceptors (Lipinski definition) is 2. The van der Waals surface area contributed by atoms with Gasteiger partial charge in [0.05, 0.1) is 7.11 Å². The van der Waals surface area contributed by atoms with E-state index in [2.05, 4.69) is 5.32 Å². The Hall–Kier alpha value is -1.16. The summed E-state index contributed by atoms with van der Waals surface area (Å²) in [6, 6.07) is 6.63. The molecule has 0 aliphatic rings. The van der Waals surface area contributed by atoms with Crippen molar-refractivity contribution in [3.8, 4) is 5.75 Å². The van der Waals surface area contributed by atoms with Gasteiger partial charge in [0, 0.05) is 0 Å². The van der Waals surface area contributed by atoms with Gasteiger partial charge in [-0.15, -0.1) is 0 Å². The van der Waals surface area contributed by atoms with E-state index in [0.717, 1.165) is 0 Å². The molecule has 0 saturated heterocycles. The predicted molar refractivity (Wildman–Crippen MR) is 55.4 cm³/mol. The molecule has 0 saturated carbocycles. The maximum absolute atomic E-state index is 12.9. The zero-order valence-electron chi connectivity index (χ0n) is 9.05. The lowest BCUT2D eigenvalue weighted by molar-refractivity contribution is 0.0431. The molecule has 15 heavy (non-hydrogen) atoms. The van der Waals surface area contributed by atoms with Crippen molar-refractivity contribution >= 4 is 0 Å². The number of methoxy groups -OCH3 is 1. The van der Waals surface area contributed by atoms with Gasteiger partial charge in [0.25, 0.3) is 6.43 Å². The van der Waals surface area contributed by atoms with Gasteiger partial charge in [-0.1, -0.05) is 12.1 Å². The monoisotopic (exact) mass is 215 g/mol. The molecule has 1 aromatic rings. The summed E-state index contributed by atoms with van der Waals surface area (Å²) in [7, 11) is 3.07. The number of nitrogens with one attached hydrogen (secondary N) is 1. The SMILES string of the molecule is CNC(C)(c1ccc(OC)cc1)C(F)F. The van der Waals surface area contributed by atoms with Gasteiger partial charge >= 0.3 is 0 Å². The number of hydrogen-bond donors (Lipinski definition) is 1. The summed E-state index contributed by atoms with van der Waals surface area (Å²) < 4.78 is 30.7. The van der Waals surface area contributed by atoms with Gasteiger partial charge in [-0.2, -0.15) is 0 Å². The van der Waals surface area contributed by atoms with Gasteiger partial charge < -0.3 is 10.1 Å². The van der Waals surface area contributed by atoms with Crippen molar-refractivity contribution in [2.24, 2.45) is 0 Å². The second-order valence-electron chi connectivity index (χ2n) is 3.48. The Morgan fingerprint density at radius 2 is 1.80 bits per heavy atom. The van der Waals surface area contributed by atoms with E-state index in [1.54, 1.807) is 31.4 Å². The molecule has 2 nitrogen and oxygen atoms in total. The highest BCUT2D eigenvalue weighted by atomic mass is 19.3. The van der Waals surface area contributed by atoms with Crippen LogP contribution in [0.5, 0.6) is 5.75 Å². The third-order valence-corrected chi connectivity index (χ3v) is 2.65. The Kier molecular flexibility index (Phi) is 3.63. The Balaban J connectivity index is 3.03.